The minimum absolute atomic E-state index is 0.0896. The van der Waals surface area contributed by atoms with E-state index in [1.54, 1.807) is 13.8 Å². The monoisotopic (exact) mass is 350 g/mol. The van der Waals surface area contributed by atoms with Crippen molar-refractivity contribution < 1.29 is 19.1 Å². The summed E-state index contributed by atoms with van der Waals surface area (Å²) in [6, 6.07) is 0. The van der Waals surface area contributed by atoms with E-state index < -0.39 is 12.1 Å². The Hall–Kier alpha value is -1.32. The molecule has 3 rings (SSSR count). The van der Waals surface area contributed by atoms with E-state index in [0.717, 1.165) is 38.5 Å². The Bertz CT molecular complexity index is 483. The average molecular weight is 350 g/mol. The van der Waals surface area contributed by atoms with Gasteiger partial charge in [0.15, 0.2) is 0 Å². The van der Waals surface area contributed by atoms with Crippen LogP contribution >= 0.6 is 0 Å². The fraction of sp³-hybridized carbons (Fsp3) is 0.810. The summed E-state index contributed by atoms with van der Waals surface area (Å²) in [4.78, 5) is 24.2. The second-order valence-corrected chi connectivity index (χ2v) is 8.33. The molecule has 0 aromatic rings. The number of rotatable bonds is 9. The fourth-order valence-corrected chi connectivity index (χ4v) is 4.35. The number of hydrogen-bond donors (Lipinski definition) is 0. The van der Waals surface area contributed by atoms with Crippen molar-refractivity contribution in [1.29, 1.82) is 0 Å². The molecule has 0 spiro atoms. The second-order valence-electron chi connectivity index (χ2n) is 8.33. The Balaban J connectivity index is 1.81. The number of carbonyl (C=O) groups excluding carboxylic acids is 2. The lowest BCUT2D eigenvalue weighted by Crippen LogP contribution is -2.47. The Labute approximate surface area is 152 Å². The van der Waals surface area contributed by atoms with Crippen molar-refractivity contribution in [2.45, 2.75) is 91.1 Å². The van der Waals surface area contributed by atoms with Crippen LogP contribution in [0.4, 0.5) is 0 Å². The molecule has 3 fully saturated rings. The zero-order valence-electron chi connectivity index (χ0n) is 16.2. The van der Waals surface area contributed by atoms with E-state index in [1.807, 2.05) is 0 Å². The standard InChI is InChI=1S/C21H34O4/c1-5-6-7-8-20-9-12-21(13-10-20,14-11-20)19(23)25-17(4)15-24-18(22)16(2)3/h17H,2,5-15H2,1,3-4H3. The van der Waals surface area contributed by atoms with Gasteiger partial charge in [-0.2, -0.15) is 0 Å². The molecular formula is C21H34O4. The maximum atomic E-state index is 12.7. The van der Waals surface area contributed by atoms with Gasteiger partial charge in [0.1, 0.15) is 12.7 Å². The van der Waals surface area contributed by atoms with Gasteiger partial charge < -0.3 is 9.47 Å². The van der Waals surface area contributed by atoms with Crippen LogP contribution < -0.4 is 0 Å². The highest BCUT2D eigenvalue weighted by Gasteiger charge is 2.52. The van der Waals surface area contributed by atoms with Gasteiger partial charge in [0, 0.05) is 5.57 Å². The normalized spacial score (nSPS) is 29.1. The first-order valence-corrected chi connectivity index (χ1v) is 9.86. The van der Waals surface area contributed by atoms with Crippen molar-refractivity contribution >= 4 is 11.9 Å². The quantitative estimate of drug-likeness (QED) is 0.335. The molecule has 1 unspecified atom stereocenters. The Morgan fingerprint density at radius 1 is 1.08 bits per heavy atom. The number of hydrogen-bond acceptors (Lipinski definition) is 4. The zero-order valence-corrected chi connectivity index (χ0v) is 16.2. The lowest BCUT2D eigenvalue weighted by molar-refractivity contribution is -0.175. The zero-order chi connectivity index (χ0) is 18.5. The Kier molecular flexibility index (Phi) is 6.70. The number of unbranched alkanes of at least 4 members (excludes halogenated alkanes) is 2. The van der Waals surface area contributed by atoms with Crippen LogP contribution in [0.1, 0.15) is 85.0 Å². The van der Waals surface area contributed by atoms with Crippen LogP contribution in [0.2, 0.25) is 0 Å². The van der Waals surface area contributed by atoms with Crippen LogP contribution in [0.25, 0.3) is 0 Å². The predicted molar refractivity (Wildman–Crippen MR) is 98.0 cm³/mol. The number of ether oxygens (including phenoxy) is 2. The topological polar surface area (TPSA) is 52.6 Å². The molecule has 3 aliphatic rings. The first-order chi connectivity index (χ1) is 11.8. The van der Waals surface area contributed by atoms with E-state index in [0.29, 0.717) is 11.0 Å². The van der Waals surface area contributed by atoms with Crippen LogP contribution in [0, 0.1) is 10.8 Å². The Morgan fingerprint density at radius 2 is 1.68 bits per heavy atom. The molecule has 25 heavy (non-hydrogen) atoms. The maximum Gasteiger partial charge on any atom is 0.333 e. The largest absolute Gasteiger partial charge is 0.459 e. The van der Waals surface area contributed by atoms with E-state index in [4.69, 9.17) is 9.47 Å². The summed E-state index contributed by atoms with van der Waals surface area (Å²) in [6.07, 6.45) is 11.1. The van der Waals surface area contributed by atoms with E-state index >= 15 is 0 Å². The number of fused-ring (bicyclic) bond motifs is 3. The van der Waals surface area contributed by atoms with Crippen molar-refractivity contribution in [1.82, 2.24) is 0 Å². The van der Waals surface area contributed by atoms with Gasteiger partial charge in [-0.1, -0.05) is 32.8 Å². The molecule has 0 aromatic carbocycles. The van der Waals surface area contributed by atoms with Gasteiger partial charge in [0.2, 0.25) is 0 Å². The molecule has 4 nitrogen and oxygen atoms in total. The molecule has 0 aromatic heterocycles. The SMILES string of the molecule is C=C(C)C(=O)OCC(C)OC(=O)C12CCC(CCCCC)(CC1)CC2. The third-order valence-electron chi connectivity index (χ3n) is 6.25. The van der Waals surface area contributed by atoms with Crippen LogP contribution in [0.15, 0.2) is 12.2 Å². The third kappa shape index (κ3) is 4.86. The predicted octanol–water partition coefficient (Wildman–Crippen LogP) is 4.96. The molecule has 0 heterocycles. The van der Waals surface area contributed by atoms with Crippen molar-refractivity contribution in [3.63, 3.8) is 0 Å². The van der Waals surface area contributed by atoms with Crippen LogP contribution in [0.5, 0.6) is 0 Å². The van der Waals surface area contributed by atoms with Gasteiger partial charge in [-0.25, -0.2) is 4.79 Å². The molecule has 2 bridgehead atoms. The molecule has 3 saturated carbocycles. The highest BCUT2D eigenvalue weighted by molar-refractivity contribution is 5.86. The van der Waals surface area contributed by atoms with Crippen molar-refractivity contribution in [2.24, 2.45) is 10.8 Å². The van der Waals surface area contributed by atoms with Gasteiger partial charge in [-0.3, -0.25) is 4.79 Å². The van der Waals surface area contributed by atoms with Crippen LogP contribution in [-0.4, -0.2) is 24.6 Å². The molecule has 0 saturated heterocycles. The Morgan fingerprint density at radius 3 is 2.20 bits per heavy atom. The van der Waals surface area contributed by atoms with Crippen molar-refractivity contribution in [3.8, 4) is 0 Å². The second kappa shape index (κ2) is 8.37. The van der Waals surface area contributed by atoms with E-state index in [-0.39, 0.29) is 18.0 Å². The molecule has 4 heteroatoms. The summed E-state index contributed by atoms with van der Waals surface area (Å²) < 4.78 is 10.7. The molecular weight excluding hydrogens is 316 g/mol. The van der Waals surface area contributed by atoms with E-state index in [9.17, 15) is 9.59 Å². The number of carbonyl (C=O) groups is 2. The van der Waals surface area contributed by atoms with Crippen LogP contribution in [-0.2, 0) is 19.1 Å². The van der Waals surface area contributed by atoms with Crippen molar-refractivity contribution in [3.05, 3.63) is 12.2 Å². The molecule has 0 N–H and O–H groups in total. The average Bonchev–Trinajstić information content (AvgIpc) is 2.61. The highest BCUT2D eigenvalue weighted by atomic mass is 16.6. The fourth-order valence-electron chi connectivity index (χ4n) is 4.35. The lowest BCUT2D eigenvalue weighted by Gasteiger charge is -2.52. The van der Waals surface area contributed by atoms with Crippen molar-refractivity contribution in [2.75, 3.05) is 6.61 Å². The minimum Gasteiger partial charge on any atom is -0.459 e. The van der Waals surface area contributed by atoms with Crippen LogP contribution in [0.3, 0.4) is 0 Å². The molecule has 3 aliphatic carbocycles. The molecule has 0 amide bonds. The molecule has 142 valence electrons. The van der Waals surface area contributed by atoms with E-state index in [2.05, 4.69) is 13.5 Å². The summed E-state index contributed by atoms with van der Waals surface area (Å²) >= 11 is 0. The first-order valence-electron chi connectivity index (χ1n) is 9.86. The van der Waals surface area contributed by atoms with Gasteiger partial charge in [-0.05, 0) is 64.2 Å². The van der Waals surface area contributed by atoms with Gasteiger partial charge >= 0.3 is 11.9 Å². The maximum absolute atomic E-state index is 12.7. The third-order valence-corrected chi connectivity index (χ3v) is 6.25. The highest BCUT2D eigenvalue weighted by Crippen LogP contribution is 2.59. The lowest BCUT2D eigenvalue weighted by atomic mass is 9.52. The minimum atomic E-state index is -0.437. The van der Waals surface area contributed by atoms with E-state index in [1.165, 1.54) is 25.7 Å². The van der Waals surface area contributed by atoms with Gasteiger partial charge in [0.25, 0.3) is 0 Å². The molecule has 0 aliphatic heterocycles. The summed E-state index contributed by atoms with van der Waals surface area (Å²) in [5.41, 5.74) is 0.551. The summed E-state index contributed by atoms with van der Waals surface area (Å²) in [5.74, 6) is -0.526. The van der Waals surface area contributed by atoms with Gasteiger partial charge in [-0.15, -0.1) is 0 Å². The first kappa shape index (κ1) is 20.0. The summed E-state index contributed by atoms with van der Waals surface area (Å²) in [5, 5.41) is 0. The number of esters is 2. The summed E-state index contributed by atoms with van der Waals surface area (Å²) in [7, 11) is 0. The smallest absolute Gasteiger partial charge is 0.333 e. The molecule has 1 atom stereocenters. The molecule has 0 radical (unpaired) electrons. The van der Waals surface area contributed by atoms with Gasteiger partial charge in [0.05, 0.1) is 5.41 Å². The summed E-state index contributed by atoms with van der Waals surface area (Å²) in [6.45, 7) is 9.27.